The maximum Gasteiger partial charge on any atom is 0.273 e. The van der Waals surface area contributed by atoms with Gasteiger partial charge in [0.2, 0.25) is 5.95 Å². The lowest BCUT2D eigenvalue weighted by atomic mass is 9.77. The van der Waals surface area contributed by atoms with Crippen molar-refractivity contribution in [3.8, 4) is 0 Å². The van der Waals surface area contributed by atoms with Gasteiger partial charge in [0.1, 0.15) is 0 Å². The molecule has 1 aromatic heterocycles. The first-order chi connectivity index (χ1) is 14.1. The molecule has 9 nitrogen and oxygen atoms in total. The SMILES string of the molecule is NC(=O)c1nnc(Nc2ccc(N3CCC4(CC3)COC4)cc2)nc1NC1CC1. The van der Waals surface area contributed by atoms with E-state index in [2.05, 4.69) is 42.8 Å². The number of rotatable bonds is 6. The minimum absolute atomic E-state index is 0.0672. The van der Waals surface area contributed by atoms with Gasteiger partial charge in [-0.25, -0.2) is 0 Å². The van der Waals surface area contributed by atoms with Gasteiger partial charge in [-0.15, -0.1) is 10.2 Å². The van der Waals surface area contributed by atoms with Crippen LogP contribution in [0.4, 0.5) is 23.1 Å². The van der Waals surface area contributed by atoms with Crippen LogP contribution in [0, 0.1) is 5.41 Å². The molecule has 1 saturated carbocycles. The second kappa shape index (κ2) is 7.14. The van der Waals surface area contributed by atoms with E-state index in [1.54, 1.807) is 0 Å². The molecule has 2 aliphatic heterocycles. The third-order valence-corrected chi connectivity index (χ3v) is 5.97. The summed E-state index contributed by atoms with van der Waals surface area (Å²) in [4.78, 5) is 18.4. The van der Waals surface area contributed by atoms with E-state index >= 15 is 0 Å². The van der Waals surface area contributed by atoms with Crippen molar-refractivity contribution in [2.45, 2.75) is 31.7 Å². The molecule has 3 fully saturated rings. The highest BCUT2D eigenvalue weighted by Gasteiger charge is 2.41. The molecule has 0 radical (unpaired) electrons. The zero-order valence-corrected chi connectivity index (χ0v) is 16.2. The molecule has 152 valence electrons. The van der Waals surface area contributed by atoms with Crippen LogP contribution in [0.2, 0.25) is 0 Å². The van der Waals surface area contributed by atoms with E-state index < -0.39 is 5.91 Å². The lowest BCUT2D eigenvalue weighted by molar-refractivity contribution is -0.124. The number of hydrogen-bond acceptors (Lipinski definition) is 8. The van der Waals surface area contributed by atoms with E-state index in [1.807, 2.05) is 12.1 Å². The Kier molecular flexibility index (Phi) is 4.46. The summed E-state index contributed by atoms with van der Waals surface area (Å²) in [6.45, 7) is 3.97. The summed E-state index contributed by atoms with van der Waals surface area (Å²) in [5, 5.41) is 14.3. The van der Waals surface area contributed by atoms with Gasteiger partial charge in [-0.1, -0.05) is 0 Å². The predicted octanol–water partition coefficient (Wildman–Crippen LogP) is 1.91. The molecule has 0 unspecified atom stereocenters. The van der Waals surface area contributed by atoms with Gasteiger partial charge in [0, 0.05) is 35.9 Å². The molecule has 3 aliphatic rings. The van der Waals surface area contributed by atoms with Gasteiger partial charge in [0.25, 0.3) is 5.91 Å². The summed E-state index contributed by atoms with van der Waals surface area (Å²) in [6, 6.07) is 8.54. The number of piperidine rings is 1. The van der Waals surface area contributed by atoms with Gasteiger partial charge < -0.3 is 26.0 Å². The molecule has 1 spiro atoms. The lowest BCUT2D eigenvalue weighted by Gasteiger charge is -2.47. The van der Waals surface area contributed by atoms with Crippen LogP contribution in [-0.2, 0) is 4.74 Å². The Labute approximate surface area is 169 Å². The van der Waals surface area contributed by atoms with Crippen molar-refractivity contribution >= 4 is 29.0 Å². The van der Waals surface area contributed by atoms with Crippen LogP contribution in [0.5, 0.6) is 0 Å². The molecule has 2 aromatic rings. The van der Waals surface area contributed by atoms with E-state index in [4.69, 9.17) is 10.5 Å². The molecule has 0 atom stereocenters. The molecule has 2 saturated heterocycles. The van der Waals surface area contributed by atoms with E-state index in [9.17, 15) is 4.79 Å². The number of hydrogen-bond donors (Lipinski definition) is 3. The minimum atomic E-state index is -0.638. The van der Waals surface area contributed by atoms with Gasteiger partial charge >= 0.3 is 0 Å². The van der Waals surface area contributed by atoms with Crippen LogP contribution in [0.3, 0.4) is 0 Å². The van der Waals surface area contributed by atoms with Gasteiger partial charge in [-0.3, -0.25) is 4.79 Å². The number of carbonyl (C=O) groups excluding carboxylic acids is 1. The van der Waals surface area contributed by atoms with E-state index in [1.165, 1.54) is 18.5 Å². The van der Waals surface area contributed by atoms with Crippen LogP contribution in [0.1, 0.15) is 36.2 Å². The third kappa shape index (κ3) is 3.82. The maximum atomic E-state index is 11.6. The first kappa shape index (κ1) is 18.1. The smallest absolute Gasteiger partial charge is 0.273 e. The molecule has 1 amide bonds. The maximum absolute atomic E-state index is 11.6. The Bertz CT molecular complexity index is 900. The Morgan fingerprint density at radius 3 is 2.45 bits per heavy atom. The highest BCUT2D eigenvalue weighted by atomic mass is 16.5. The normalized spacial score (nSPS) is 20.2. The van der Waals surface area contributed by atoms with Crippen molar-refractivity contribution in [2.24, 2.45) is 11.1 Å². The first-order valence-corrected chi connectivity index (χ1v) is 10.1. The highest BCUT2D eigenvalue weighted by Crippen LogP contribution is 2.39. The summed E-state index contributed by atoms with van der Waals surface area (Å²) >= 11 is 0. The van der Waals surface area contributed by atoms with Crippen molar-refractivity contribution in [2.75, 3.05) is 41.8 Å². The summed E-state index contributed by atoms with van der Waals surface area (Å²) in [6.07, 6.45) is 4.49. The zero-order chi connectivity index (χ0) is 19.8. The number of carbonyl (C=O) groups is 1. The van der Waals surface area contributed by atoms with Crippen LogP contribution in [-0.4, -0.2) is 53.4 Å². The predicted molar refractivity (Wildman–Crippen MR) is 109 cm³/mol. The number of ether oxygens (including phenoxy) is 1. The standard InChI is InChI=1S/C20H25N7O2/c21-17(28)16-18(22-13-1-2-13)24-19(26-25-16)23-14-3-5-15(6-4-14)27-9-7-20(8-10-27)11-29-12-20/h3-6,13H,1-2,7-12H2,(H2,21,28)(H2,22,23,24,26). The van der Waals surface area contributed by atoms with Gasteiger partial charge in [0.05, 0.1) is 13.2 Å². The monoisotopic (exact) mass is 395 g/mol. The van der Waals surface area contributed by atoms with E-state index in [-0.39, 0.29) is 5.69 Å². The van der Waals surface area contributed by atoms with Crippen molar-refractivity contribution in [3.63, 3.8) is 0 Å². The number of benzene rings is 1. The van der Waals surface area contributed by atoms with E-state index in [0.29, 0.717) is 23.2 Å². The molecule has 29 heavy (non-hydrogen) atoms. The van der Waals surface area contributed by atoms with Crippen molar-refractivity contribution < 1.29 is 9.53 Å². The highest BCUT2D eigenvalue weighted by molar-refractivity contribution is 5.95. The summed E-state index contributed by atoms with van der Waals surface area (Å²) in [7, 11) is 0. The van der Waals surface area contributed by atoms with Crippen LogP contribution in [0.25, 0.3) is 0 Å². The number of nitrogens with zero attached hydrogens (tertiary/aromatic N) is 4. The quantitative estimate of drug-likeness (QED) is 0.679. The number of primary amides is 1. The fourth-order valence-electron chi connectivity index (χ4n) is 3.87. The zero-order valence-electron chi connectivity index (χ0n) is 16.2. The second-order valence-electron chi connectivity index (χ2n) is 8.27. The number of aromatic nitrogens is 3. The number of nitrogens with one attached hydrogen (secondary N) is 2. The fourth-order valence-corrected chi connectivity index (χ4v) is 3.87. The average Bonchev–Trinajstić information content (AvgIpc) is 3.51. The van der Waals surface area contributed by atoms with E-state index in [0.717, 1.165) is 44.8 Å². The van der Waals surface area contributed by atoms with Crippen LogP contribution < -0.4 is 21.3 Å². The molecule has 3 heterocycles. The molecule has 0 bridgehead atoms. The average molecular weight is 395 g/mol. The summed E-state index contributed by atoms with van der Waals surface area (Å²) in [5.74, 6) is 0.0768. The van der Waals surface area contributed by atoms with Crippen molar-refractivity contribution in [3.05, 3.63) is 30.0 Å². The number of nitrogens with two attached hydrogens (primary N) is 1. The molecular formula is C20H25N7O2. The van der Waals surface area contributed by atoms with Crippen LogP contribution in [0.15, 0.2) is 24.3 Å². The van der Waals surface area contributed by atoms with Crippen molar-refractivity contribution in [1.82, 2.24) is 15.2 Å². The Morgan fingerprint density at radius 1 is 1.14 bits per heavy atom. The number of anilines is 4. The number of amides is 1. The molecule has 4 N–H and O–H groups in total. The van der Waals surface area contributed by atoms with Gasteiger partial charge in [-0.05, 0) is 49.9 Å². The lowest BCUT2D eigenvalue weighted by Crippen LogP contribution is -2.50. The summed E-state index contributed by atoms with van der Waals surface area (Å²) in [5.41, 5.74) is 7.95. The molecule has 9 heteroatoms. The Balaban J connectivity index is 1.25. The largest absolute Gasteiger partial charge is 0.380 e. The molecular weight excluding hydrogens is 370 g/mol. The second-order valence-corrected chi connectivity index (χ2v) is 8.27. The van der Waals surface area contributed by atoms with Gasteiger partial charge in [0.15, 0.2) is 11.5 Å². The molecule has 1 aliphatic carbocycles. The first-order valence-electron chi connectivity index (χ1n) is 10.1. The summed E-state index contributed by atoms with van der Waals surface area (Å²) < 4.78 is 5.41. The Hall–Kier alpha value is -2.94. The minimum Gasteiger partial charge on any atom is -0.380 e. The molecule has 1 aromatic carbocycles. The fraction of sp³-hybridized carbons (Fsp3) is 0.500. The topological polar surface area (TPSA) is 118 Å². The molecule has 5 rings (SSSR count). The van der Waals surface area contributed by atoms with Crippen LogP contribution >= 0.6 is 0 Å². The van der Waals surface area contributed by atoms with Crippen molar-refractivity contribution in [1.29, 1.82) is 0 Å². The van der Waals surface area contributed by atoms with Gasteiger partial charge in [-0.2, -0.15) is 4.98 Å². The Morgan fingerprint density at radius 2 is 1.86 bits per heavy atom. The third-order valence-electron chi connectivity index (χ3n) is 5.97.